The lowest BCUT2D eigenvalue weighted by Gasteiger charge is -2.29. The molecular weight excluding hydrogens is 404 g/mol. The highest BCUT2D eigenvalue weighted by molar-refractivity contribution is 9.10. The quantitative estimate of drug-likeness (QED) is 0.749. The Morgan fingerprint density at radius 1 is 1.35 bits per heavy atom. The third kappa shape index (κ3) is 6.17. The van der Waals surface area contributed by atoms with Crippen molar-refractivity contribution in [3.8, 4) is 0 Å². The first-order valence-corrected chi connectivity index (χ1v) is 9.28. The van der Waals surface area contributed by atoms with E-state index in [1.807, 2.05) is 18.2 Å². The van der Waals surface area contributed by atoms with E-state index in [-0.39, 0.29) is 6.42 Å². The highest BCUT2D eigenvalue weighted by Crippen LogP contribution is 2.26. The van der Waals surface area contributed by atoms with Gasteiger partial charge in [-0.05, 0) is 38.5 Å². The molecule has 7 nitrogen and oxygen atoms in total. The first-order valence-electron chi connectivity index (χ1n) is 8.49. The number of morpholine rings is 1. The molecule has 1 atom stereocenters. The number of anilines is 1. The van der Waals surface area contributed by atoms with Gasteiger partial charge in [0.05, 0.1) is 13.2 Å². The van der Waals surface area contributed by atoms with Crippen molar-refractivity contribution in [2.24, 2.45) is 0 Å². The average Bonchev–Trinajstić information content (AvgIpc) is 2.54. The Hall–Kier alpha value is -1.80. The molecule has 1 saturated heterocycles. The molecular formula is C18H25BrN2O5. The van der Waals surface area contributed by atoms with Crippen LogP contribution in [0.4, 0.5) is 10.5 Å². The maximum atomic E-state index is 11.9. The van der Waals surface area contributed by atoms with E-state index >= 15 is 0 Å². The first-order chi connectivity index (χ1) is 12.2. The number of ether oxygens (including phenoxy) is 2. The van der Waals surface area contributed by atoms with Gasteiger partial charge in [0.25, 0.3) is 0 Å². The number of alkyl carbamates (subject to hydrolysis) is 1. The van der Waals surface area contributed by atoms with Crippen LogP contribution in [0.25, 0.3) is 0 Å². The lowest BCUT2D eigenvalue weighted by atomic mass is 10.1. The molecule has 1 heterocycles. The molecule has 144 valence electrons. The number of nitrogens with one attached hydrogen (secondary N) is 1. The van der Waals surface area contributed by atoms with E-state index in [2.05, 4.69) is 26.1 Å². The summed E-state index contributed by atoms with van der Waals surface area (Å²) in [7, 11) is 0. The number of hydrogen-bond acceptors (Lipinski definition) is 5. The van der Waals surface area contributed by atoms with Gasteiger partial charge in [0.1, 0.15) is 11.6 Å². The van der Waals surface area contributed by atoms with Crippen molar-refractivity contribution in [3.05, 3.63) is 28.2 Å². The number of rotatable bonds is 5. The topological polar surface area (TPSA) is 88.1 Å². The zero-order valence-electron chi connectivity index (χ0n) is 15.3. The summed E-state index contributed by atoms with van der Waals surface area (Å²) in [6, 6.07) is 4.72. The Labute approximate surface area is 161 Å². The van der Waals surface area contributed by atoms with E-state index in [0.717, 1.165) is 28.8 Å². The Morgan fingerprint density at radius 3 is 2.54 bits per heavy atom. The molecule has 0 spiro atoms. The van der Waals surface area contributed by atoms with E-state index in [4.69, 9.17) is 9.47 Å². The molecule has 1 aromatic carbocycles. The van der Waals surface area contributed by atoms with Gasteiger partial charge in [-0.3, -0.25) is 0 Å². The fourth-order valence-corrected chi connectivity index (χ4v) is 3.12. The Morgan fingerprint density at radius 2 is 2.00 bits per heavy atom. The second-order valence-electron chi connectivity index (χ2n) is 7.12. The predicted octanol–water partition coefficient (Wildman–Crippen LogP) is 2.81. The molecule has 8 heteroatoms. The summed E-state index contributed by atoms with van der Waals surface area (Å²) >= 11 is 3.51. The number of carbonyl (C=O) groups is 2. The van der Waals surface area contributed by atoms with Crippen LogP contribution in [-0.2, 0) is 20.7 Å². The third-order valence-electron chi connectivity index (χ3n) is 3.83. The molecule has 1 fully saturated rings. The fourth-order valence-electron chi connectivity index (χ4n) is 2.59. The molecule has 0 aromatic heterocycles. The number of amides is 1. The number of hydrogen-bond donors (Lipinski definition) is 2. The highest BCUT2D eigenvalue weighted by atomic mass is 79.9. The van der Waals surface area contributed by atoms with Crippen molar-refractivity contribution in [1.82, 2.24) is 5.32 Å². The lowest BCUT2D eigenvalue weighted by molar-refractivity contribution is -0.139. The van der Waals surface area contributed by atoms with Gasteiger partial charge >= 0.3 is 12.1 Å². The summed E-state index contributed by atoms with van der Waals surface area (Å²) in [6.07, 6.45) is -0.593. The number of carbonyl (C=O) groups excluding carboxylic acids is 1. The van der Waals surface area contributed by atoms with Gasteiger partial charge in [0.15, 0.2) is 0 Å². The summed E-state index contributed by atoms with van der Waals surface area (Å²) in [5.74, 6) is -1.11. The smallest absolute Gasteiger partial charge is 0.408 e. The van der Waals surface area contributed by atoms with Crippen molar-refractivity contribution in [2.45, 2.75) is 38.8 Å². The Bertz CT molecular complexity index is 653. The van der Waals surface area contributed by atoms with Crippen LogP contribution >= 0.6 is 15.9 Å². The number of aliphatic carboxylic acids is 1. The highest BCUT2D eigenvalue weighted by Gasteiger charge is 2.25. The van der Waals surface area contributed by atoms with Gasteiger partial charge in [-0.1, -0.05) is 22.0 Å². The molecule has 2 rings (SSSR count). The molecule has 0 radical (unpaired) electrons. The van der Waals surface area contributed by atoms with E-state index in [1.54, 1.807) is 20.8 Å². The summed E-state index contributed by atoms with van der Waals surface area (Å²) < 4.78 is 11.3. The molecule has 0 bridgehead atoms. The van der Waals surface area contributed by atoms with Crippen LogP contribution in [-0.4, -0.2) is 55.1 Å². The number of carboxylic acid groups (broad SMARTS) is 1. The van der Waals surface area contributed by atoms with E-state index in [1.165, 1.54) is 0 Å². The average molecular weight is 429 g/mol. The largest absolute Gasteiger partial charge is 0.480 e. The minimum absolute atomic E-state index is 0.151. The Balaban J connectivity index is 2.06. The van der Waals surface area contributed by atoms with Crippen molar-refractivity contribution in [2.75, 3.05) is 31.2 Å². The summed E-state index contributed by atoms with van der Waals surface area (Å²) in [6.45, 7) is 8.21. The van der Waals surface area contributed by atoms with Crippen molar-refractivity contribution >= 4 is 33.7 Å². The summed E-state index contributed by atoms with van der Waals surface area (Å²) in [4.78, 5) is 25.6. The molecule has 1 aliphatic rings. The molecule has 1 aromatic rings. The molecule has 0 aliphatic carbocycles. The van der Waals surface area contributed by atoms with E-state index < -0.39 is 23.7 Å². The maximum absolute atomic E-state index is 11.9. The Kier molecular flexibility index (Phi) is 6.88. The zero-order chi connectivity index (χ0) is 19.3. The molecule has 0 saturated carbocycles. The van der Waals surface area contributed by atoms with Crippen LogP contribution < -0.4 is 10.2 Å². The van der Waals surface area contributed by atoms with Crippen LogP contribution in [0.3, 0.4) is 0 Å². The molecule has 1 aliphatic heterocycles. The minimum Gasteiger partial charge on any atom is -0.480 e. The number of halogens is 1. The monoisotopic (exact) mass is 428 g/mol. The fraction of sp³-hybridized carbons (Fsp3) is 0.556. The van der Waals surface area contributed by atoms with Gasteiger partial charge in [-0.25, -0.2) is 9.59 Å². The normalized spacial score (nSPS) is 16.1. The summed E-state index contributed by atoms with van der Waals surface area (Å²) in [5.41, 5.74) is 1.16. The van der Waals surface area contributed by atoms with Gasteiger partial charge in [0.2, 0.25) is 0 Å². The third-order valence-corrected chi connectivity index (χ3v) is 4.56. The minimum atomic E-state index is -1.11. The second kappa shape index (κ2) is 8.73. The van der Waals surface area contributed by atoms with Crippen LogP contribution in [0, 0.1) is 0 Å². The second-order valence-corrected chi connectivity index (χ2v) is 7.97. The van der Waals surface area contributed by atoms with Gasteiger partial charge in [-0.2, -0.15) is 0 Å². The first kappa shape index (κ1) is 20.5. The summed E-state index contributed by atoms with van der Waals surface area (Å²) in [5, 5.41) is 11.8. The standard InChI is InChI=1S/C18H25BrN2O5/c1-18(2,3)26-17(24)20-15(16(22)23)10-12-4-5-13(11-14(12)19)21-6-8-25-9-7-21/h4-5,11,15H,6-10H2,1-3H3,(H,20,24)(H,22,23). The van der Waals surface area contributed by atoms with Crippen molar-refractivity contribution in [1.29, 1.82) is 0 Å². The molecule has 2 N–H and O–H groups in total. The molecule has 26 heavy (non-hydrogen) atoms. The van der Waals surface area contributed by atoms with Crippen LogP contribution in [0.5, 0.6) is 0 Å². The van der Waals surface area contributed by atoms with Gasteiger partial charge in [0, 0.05) is 29.7 Å². The van der Waals surface area contributed by atoms with Crippen LogP contribution in [0.15, 0.2) is 22.7 Å². The lowest BCUT2D eigenvalue weighted by Crippen LogP contribution is -2.44. The zero-order valence-corrected chi connectivity index (χ0v) is 16.8. The molecule has 1 amide bonds. The van der Waals surface area contributed by atoms with Crippen molar-refractivity contribution in [3.63, 3.8) is 0 Å². The van der Waals surface area contributed by atoms with E-state index in [9.17, 15) is 14.7 Å². The predicted molar refractivity (Wildman–Crippen MR) is 102 cm³/mol. The number of nitrogens with zero attached hydrogens (tertiary/aromatic N) is 1. The van der Waals surface area contributed by atoms with E-state index in [0.29, 0.717) is 13.2 Å². The SMILES string of the molecule is CC(C)(C)OC(=O)NC(Cc1ccc(N2CCOCC2)cc1Br)C(=O)O. The number of benzene rings is 1. The maximum Gasteiger partial charge on any atom is 0.408 e. The van der Waals surface area contributed by atoms with Crippen molar-refractivity contribution < 1.29 is 24.2 Å². The van der Waals surface area contributed by atoms with Crippen LogP contribution in [0.2, 0.25) is 0 Å². The molecule has 1 unspecified atom stereocenters. The van der Waals surface area contributed by atoms with Crippen LogP contribution in [0.1, 0.15) is 26.3 Å². The number of carboxylic acids is 1. The van der Waals surface area contributed by atoms with Gasteiger partial charge < -0.3 is 24.8 Å². The van der Waals surface area contributed by atoms with Gasteiger partial charge in [-0.15, -0.1) is 0 Å².